The van der Waals surface area contributed by atoms with Gasteiger partial charge in [0.25, 0.3) is 0 Å². The van der Waals surface area contributed by atoms with Crippen LogP contribution in [0.4, 0.5) is 5.69 Å². The number of benzene rings is 3. The maximum atomic E-state index is 11.0. The minimum absolute atomic E-state index is 0.266. The van der Waals surface area contributed by atoms with E-state index in [1.165, 1.54) is 0 Å². The van der Waals surface area contributed by atoms with Crippen LogP contribution in [0.5, 0.6) is 11.5 Å². The first kappa shape index (κ1) is 18.3. The third-order valence-corrected chi connectivity index (χ3v) is 4.09. The smallest absolute Gasteiger partial charge is 0.335 e. The van der Waals surface area contributed by atoms with Crippen molar-refractivity contribution in [2.75, 3.05) is 12.4 Å². The Morgan fingerprint density at radius 3 is 2.26 bits per heavy atom. The highest BCUT2D eigenvalue weighted by Crippen LogP contribution is 2.17. The van der Waals surface area contributed by atoms with E-state index in [0.29, 0.717) is 13.2 Å². The van der Waals surface area contributed by atoms with Crippen molar-refractivity contribution < 1.29 is 19.4 Å². The number of carbonyl (C=O) groups is 1. The Kier molecular flexibility index (Phi) is 5.94. The molecule has 5 heteroatoms. The Labute approximate surface area is 158 Å². The summed E-state index contributed by atoms with van der Waals surface area (Å²) in [5.41, 5.74) is 3.18. The van der Waals surface area contributed by atoms with Gasteiger partial charge in [0.1, 0.15) is 18.1 Å². The van der Waals surface area contributed by atoms with Crippen LogP contribution in [0, 0.1) is 0 Å². The highest BCUT2D eigenvalue weighted by molar-refractivity contribution is 5.88. The summed E-state index contributed by atoms with van der Waals surface area (Å²) in [6.07, 6.45) is 0. The summed E-state index contributed by atoms with van der Waals surface area (Å²) < 4.78 is 10.9. The lowest BCUT2D eigenvalue weighted by Gasteiger charge is -2.10. The van der Waals surface area contributed by atoms with Crippen molar-refractivity contribution >= 4 is 11.7 Å². The molecule has 3 aromatic carbocycles. The van der Waals surface area contributed by atoms with Gasteiger partial charge in [0, 0.05) is 12.2 Å². The van der Waals surface area contributed by atoms with E-state index in [0.717, 1.165) is 28.3 Å². The van der Waals surface area contributed by atoms with E-state index in [1.807, 2.05) is 54.6 Å². The first-order valence-corrected chi connectivity index (χ1v) is 8.56. The Hall–Kier alpha value is -3.47. The molecule has 0 saturated carbocycles. The van der Waals surface area contributed by atoms with Crippen LogP contribution >= 0.6 is 0 Å². The lowest BCUT2D eigenvalue weighted by Crippen LogP contribution is -2.02. The van der Waals surface area contributed by atoms with E-state index in [4.69, 9.17) is 14.6 Å². The Morgan fingerprint density at radius 1 is 0.926 bits per heavy atom. The van der Waals surface area contributed by atoms with Crippen LogP contribution in [-0.4, -0.2) is 18.2 Å². The van der Waals surface area contributed by atoms with Gasteiger partial charge in [-0.1, -0.05) is 30.3 Å². The van der Waals surface area contributed by atoms with Crippen LogP contribution in [0.25, 0.3) is 0 Å². The molecule has 2 N–H and O–H groups in total. The largest absolute Gasteiger partial charge is 0.497 e. The number of rotatable bonds is 8. The zero-order chi connectivity index (χ0) is 19.1. The van der Waals surface area contributed by atoms with Crippen LogP contribution in [0.3, 0.4) is 0 Å². The average molecular weight is 363 g/mol. The van der Waals surface area contributed by atoms with Gasteiger partial charge < -0.3 is 19.9 Å². The van der Waals surface area contributed by atoms with Crippen molar-refractivity contribution in [1.82, 2.24) is 0 Å². The molecule has 3 aromatic rings. The van der Waals surface area contributed by atoms with E-state index in [2.05, 4.69) is 5.32 Å². The number of aromatic carboxylic acids is 1. The van der Waals surface area contributed by atoms with Crippen LogP contribution in [0.2, 0.25) is 0 Å². The van der Waals surface area contributed by atoms with Crippen molar-refractivity contribution in [3.05, 3.63) is 89.5 Å². The van der Waals surface area contributed by atoms with Gasteiger partial charge in [0.05, 0.1) is 12.7 Å². The predicted molar refractivity (Wildman–Crippen MR) is 104 cm³/mol. The zero-order valence-corrected chi connectivity index (χ0v) is 15.0. The third kappa shape index (κ3) is 5.25. The van der Waals surface area contributed by atoms with Crippen LogP contribution < -0.4 is 14.8 Å². The molecule has 0 aliphatic heterocycles. The number of ether oxygens (including phenoxy) is 2. The normalized spacial score (nSPS) is 10.3. The highest BCUT2D eigenvalue weighted by atomic mass is 16.5. The van der Waals surface area contributed by atoms with Gasteiger partial charge in [0.2, 0.25) is 0 Å². The average Bonchev–Trinajstić information content (AvgIpc) is 2.72. The molecule has 0 aliphatic carbocycles. The molecule has 0 fully saturated rings. The number of carboxylic acids is 1. The summed E-state index contributed by atoms with van der Waals surface area (Å²) in [5, 5.41) is 12.3. The second-order valence-electron chi connectivity index (χ2n) is 6.02. The van der Waals surface area contributed by atoms with Crippen molar-refractivity contribution in [3.8, 4) is 11.5 Å². The first-order chi connectivity index (χ1) is 13.1. The molecule has 0 amide bonds. The van der Waals surface area contributed by atoms with Gasteiger partial charge >= 0.3 is 5.97 Å². The summed E-state index contributed by atoms with van der Waals surface area (Å²) in [7, 11) is 1.64. The van der Waals surface area contributed by atoms with Crippen molar-refractivity contribution in [1.29, 1.82) is 0 Å². The minimum atomic E-state index is -0.933. The number of hydrogen-bond donors (Lipinski definition) is 2. The molecule has 0 aromatic heterocycles. The predicted octanol–water partition coefficient (Wildman–Crippen LogP) is 4.58. The number of carboxylic acid groups (broad SMARTS) is 1. The van der Waals surface area contributed by atoms with Crippen LogP contribution in [-0.2, 0) is 13.2 Å². The standard InChI is InChI=1S/C22H21NO4/c1-26-20-9-7-17(8-10-20)15-27-21-11-5-16(6-12-21)14-23-19-4-2-3-18(13-19)22(24)25/h2-13,23H,14-15H2,1H3,(H,24,25). The van der Waals surface area contributed by atoms with Gasteiger partial charge in [0.15, 0.2) is 0 Å². The van der Waals surface area contributed by atoms with Gasteiger partial charge in [-0.3, -0.25) is 0 Å². The molecule has 138 valence electrons. The van der Waals surface area contributed by atoms with E-state index in [-0.39, 0.29) is 5.56 Å². The second-order valence-corrected chi connectivity index (χ2v) is 6.02. The van der Waals surface area contributed by atoms with Gasteiger partial charge in [-0.25, -0.2) is 4.79 Å². The number of hydrogen-bond acceptors (Lipinski definition) is 4. The first-order valence-electron chi connectivity index (χ1n) is 8.56. The zero-order valence-electron chi connectivity index (χ0n) is 15.0. The maximum absolute atomic E-state index is 11.0. The topological polar surface area (TPSA) is 67.8 Å². The summed E-state index contributed by atoms with van der Waals surface area (Å²) >= 11 is 0. The van der Waals surface area contributed by atoms with E-state index < -0.39 is 5.97 Å². The molecule has 27 heavy (non-hydrogen) atoms. The third-order valence-electron chi connectivity index (χ3n) is 4.09. The van der Waals surface area contributed by atoms with Crippen LogP contribution in [0.15, 0.2) is 72.8 Å². The molecular formula is C22H21NO4. The Morgan fingerprint density at radius 2 is 1.59 bits per heavy atom. The van der Waals surface area contributed by atoms with Crippen molar-refractivity contribution in [2.45, 2.75) is 13.2 Å². The molecule has 0 unspecified atom stereocenters. The van der Waals surface area contributed by atoms with E-state index in [1.54, 1.807) is 25.3 Å². The quantitative estimate of drug-likeness (QED) is 0.613. The van der Waals surface area contributed by atoms with Gasteiger partial charge in [-0.15, -0.1) is 0 Å². The molecule has 0 spiro atoms. The van der Waals surface area contributed by atoms with Gasteiger partial charge in [-0.05, 0) is 53.6 Å². The Bertz CT molecular complexity index is 889. The number of nitrogens with one attached hydrogen (secondary N) is 1. The molecule has 5 nitrogen and oxygen atoms in total. The molecular weight excluding hydrogens is 342 g/mol. The van der Waals surface area contributed by atoms with E-state index in [9.17, 15) is 4.79 Å². The summed E-state index contributed by atoms with van der Waals surface area (Å²) in [4.78, 5) is 11.0. The molecule has 3 rings (SSSR count). The fraction of sp³-hybridized carbons (Fsp3) is 0.136. The fourth-order valence-electron chi connectivity index (χ4n) is 2.56. The summed E-state index contributed by atoms with van der Waals surface area (Å²) in [5.74, 6) is 0.684. The van der Waals surface area contributed by atoms with Gasteiger partial charge in [-0.2, -0.15) is 0 Å². The highest BCUT2D eigenvalue weighted by Gasteiger charge is 2.03. The maximum Gasteiger partial charge on any atom is 0.335 e. The molecule has 0 aliphatic rings. The number of anilines is 1. The van der Waals surface area contributed by atoms with E-state index >= 15 is 0 Å². The minimum Gasteiger partial charge on any atom is -0.497 e. The number of methoxy groups -OCH3 is 1. The molecule has 0 bridgehead atoms. The SMILES string of the molecule is COc1ccc(COc2ccc(CNc3cccc(C(=O)O)c3)cc2)cc1. The summed E-state index contributed by atoms with van der Waals surface area (Å²) in [6, 6.07) is 22.3. The monoisotopic (exact) mass is 363 g/mol. The Balaban J connectivity index is 1.52. The van der Waals surface area contributed by atoms with Crippen LogP contribution in [0.1, 0.15) is 21.5 Å². The fourth-order valence-corrected chi connectivity index (χ4v) is 2.56. The second kappa shape index (κ2) is 8.76. The van der Waals surface area contributed by atoms with Crippen molar-refractivity contribution in [3.63, 3.8) is 0 Å². The molecule has 0 radical (unpaired) electrons. The summed E-state index contributed by atoms with van der Waals surface area (Å²) in [6.45, 7) is 1.09. The lowest BCUT2D eigenvalue weighted by molar-refractivity contribution is 0.0697. The molecule has 0 saturated heterocycles. The lowest BCUT2D eigenvalue weighted by atomic mass is 10.2. The molecule has 0 atom stereocenters. The van der Waals surface area contributed by atoms with Crippen molar-refractivity contribution in [2.24, 2.45) is 0 Å². The molecule has 0 heterocycles.